The van der Waals surface area contributed by atoms with Gasteiger partial charge in [0.15, 0.2) is 5.78 Å². The Kier molecular flexibility index (Phi) is 3.17. The number of hydrogen-bond acceptors (Lipinski definition) is 3. The van der Waals surface area contributed by atoms with E-state index in [-0.39, 0.29) is 11.7 Å². The summed E-state index contributed by atoms with van der Waals surface area (Å²) < 4.78 is 0. The molecular weight excluding hydrogens is 170 g/mol. The summed E-state index contributed by atoms with van der Waals surface area (Å²) in [6, 6.07) is 0. The first-order chi connectivity index (χ1) is 5.70. The van der Waals surface area contributed by atoms with Gasteiger partial charge >= 0.3 is 0 Å². The number of nitrogens with zero attached hydrogens (tertiary/aromatic N) is 1. The molecule has 0 aromatic carbocycles. The van der Waals surface area contributed by atoms with Crippen molar-refractivity contribution in [1.29, 1.82) is 0 Å². The van der Waals surface area contributed by atoms with Crippen LogP contribution in [0.4, 0.5) is 0 Å². The van der Waals surface area contributed by atoms with Crippen molar-refractivity contribution >= 4 is 23.2 Å². The number of carbonyl (C=O) groups excluding carboxylic acids is 1. The molecule has 0 saturated heterocycles. The number of aromatic nitrogens is 1. The Balaban J connectivity index is 2.57. The molecule has 64 valence electrons. The molecular formula is C9H11NOS. The number of rotatable bonds is 3. The van der Waals surface area contributed by atoms with Crippen LogP contribution in [0.3, 0.4) is 0 Å². The molecule has 0 saturated carbocycles. The second kappa shape index (κ2) is 4.16. The first kappa shape index (κ1) is 9.13. The number of ketones is 1. The molecule has 0 N–H and O–H groups in total. The largest absolute Gasteiger partial charge is 0.295 e. The van der Waals surface area contributed by atoms with Crippen molar-refractivity contribution in [3.8, 4) is 0 Å². The summed E-state index contributed by atoms with van der Waals surface area (Å²) in [6.07, 6.45) is 3.33. The summed E-state index contributed by atoms with van der Waals surface area (Å²) in [5.41, 5.74) is 2.61. The maximum Gasteiger partial charge on any atom is 0.158 e. The van der Waals surface area contributed by atoms with E-state index in [1.54, 1.807) is 17.7 Å². The van der Waals surface area contributed by atoms with Crippen LogP contribution in [0, 0.1) is 5.92 Å². The highest BCUT2D eigenvalue weighted by molar-refractivity contribution is 7.07. The molecule has 0 aliphatic carbocycles. The summed E-state index contributed by atoms with van der Waals surface area (Å²) in [5, 5.41) is 1.91. The predicted octanol–water partition coefficient (Wildman–Crippen LogP) is 2.38. The Morgan fingerprint density at radius 2 is 2.42 bits per heavy atom. The van der Waals surface area contributed by atoms with Crippen molar-refractivity contribution in [1.82, 2.24) is 4.98 Å². The summed E-state index contributed by atoms with van der Waals surface area (Å²) >= 11 is 1.53. The molecule has 0 bridgehead atoms. The van der Waals surface area contributed by atoms with Crippen LogP contribution in [-0.4, -0.2) is 10.8 Å². The molecule has 1 aromatic heterocycles. The fourth-order valence-electron chi connectivity index (χ4n) is 0.664. The Hall–Kier alpha value is -0.960. The first-order valence-electron chi connectivity index (χ1n) is 3.80. The fourth-order valence-corrected chi connectivity index (χ4v) is 1.19. The van der Waals surface area contributed by atoms with Crippen molar-refractivity contribution in [3.05, 3.63) is 22.7 Å². The van der Waals surface area contributed by atoms with E-state index in [1.807, 2.05) is 19.2 Å². The monoisotopic (exact) mass is 181 g/mol. The third kappa shape index (κ3) is 2.58. The molecule has 2 nitrogen and oxygen atoms in total. The van der Waals surface area contributed by atoms with E-state index in [0.29, 0.717) is 0 Å². The van der Waals surface area contributed by atoms with E-state index in [1.165, 1.54) is 11.3 Å². The van der Waals surface area contributed by atoms with Crippen molar-refractivity contribution in [3.63, 3.8) is 0 Å². The van der Waals surface area contributed by atoms with Crippen LogP contribution < -0.4 is 0 Å². The van der Waals surface area contributed by atoms with Crippen molar-refractivity contribution in [2.45, 2.75) is 13.8 Å². The molecule has 0 atom stereocenters. The van der Waals surface area contributed by atoms with Gasteiger partial charge in [-0.3, -0.25) is 4.79 Å². The lowest BCUT2D eigenvalue weighted by atomic mass is 10.1. The number of allylic oxidation sites excluding steroid dienone is 1. The highest BCUT2D eigenvalue weighted by atomic mass is 32.1. The van der Waals surface area contributed by atoms with Crippen LogP contribution in [0.5, 0.6) is 0 Å². The van der Waals surface area contributed by atoms with Gasteiger partial charge in [-0.2, -0.15) is 0 Å². The third-order valence-electron chi connectivity index (χ3n) is 1.44. The molecule has 0 fully saturated rings. The number of thiazole rings is 1. The molecule has 0 amide bonds. The van der Waals surface area contributed by atoms with Crippen LogP contribution >= 0.6 is 11.3 Å². The van der Waals surface area contributed by atoms with E-state index in [9.17, 15) is 4.79 Å². The smallest absolute Gasteiger partial charge is 0.158 e. The second-order valence-corrected chi connectivity index (χ2v) is 3.52. The third-order valence-corrected chi connectivity index (χ3v) is 2.04. The highest BCUT2D eigenvalue weighted by Gasteiger charge is 2.01. The van der Waals surface area contributed by atoms with Gasteiger partial charge in [-0.1, -0.05) is 13.8 Å². The minimum Gasteiger partial charge on any atom is -0.295 e. The molecule has 0 spiro atoms. The Bertz CT molecular complexity index is 275. The second-order valence-electron chi connectivity index (χ2n) is 2.80. The highest BCUT2D eigenvalue weighted by Crippen LogP contribution is 2.04. The van der Waals surface area contributed by atoms with E-state index in [0.717, 1.165) is 5.69 Å². The molecule has 1 rings (SSSR count). The van der Waals surface area contributed by atoms with Gasteiger partial charge in [0.1, 0.15) is 0 Å². The minimum atomic E-state index is 0.0693. The fraction of sp³-hybridized carbons (Fsp3) is 0.333. The van der Waals surface area contributed by atoms with E-state index < -0.39 is 0 Å². The standard InChI is InChI=1S/C9H11NOS/c1-7(2)9(11)4-3-8-5-12-6-10-8/h3-7H,1-2H3. The molecule has 0 aliphatic heterocycles. The van der Waals surface area contributed by atoms with Gasteiger partial charge < -0.3 is 0 Å². The molecule has 3 heteroatoms. The quantitative estimate of drug-likeness (QED) is 0.670. The molecule has 0 aliphatic rings. The Morgan fingerprint density at radius 1 is 1.67 bits per heavy atom. The van der Waals surface area contributed by atoms with Crippen molar-refractivity contribution in [2.75, 3.05) is 0 Å². The molecule has 12 heavy (non-hydrogen) atoms. The summed E-state index contributed by atoms with van der Waals surface area (Å²) in [6.45, 7) is 3.77. The zero-order valence-electron chi connectivity index (χ0n) is 7.15. The first-order valence-corrected chi connectivity index (χ1v) is 4.74. The van der Waals surface area contributed by atoms with Gasteiger partial charge in [0, 0.05) is 11.3 Å². The van der Waals surface area contributed by atoms with Crippen molar-refractivity contribution in [2.24, 2.45) is 5.92 Å². The van der Waals surface area contributed by atoms with E-state index in [4.69, 9.17) is 0 Å². The average molecular weight is 181 g/mol. The van der Waals surface area contributed by atoms with Crippen LogP contribution in [0.15, 0.2) is 17.0 Å². The van der Waals surface area contributed by atoms with Gasteiger partial charge in [-0.25, -0.2) is 4.98 Å². The summed E-state index contributed by atoms with van der Waals surface area (Å²) in [4.78, 5) is 15.2. The molecule has 1 aromatic rings. The van der Waals surface area contributed by atoms with Crippen LogP contribution in [-0.2, 0) is 4.79 Å². The zero-order chi connectivity index (χ0) is 8.97. The Morgan fingerprint density at radius 3 is 2.92 bits per heavy atom. The maximum atomic E-state index is 11.1. The number of carbonyl (C=O) groups is 1. The zero-order valence-corrected chi connectivity index (χ0v) is 7.97. The SMILES string of the molecule is CC(C)C(=O)C=Cc1cscn1. The van der Waals surface area contributed by atoms with Crippen LogP contribution in [0.2, 0.25) is 0 Å². The lowest BCUT2D eigenvalue weighted by Gasteiger charge is -1.94. The summed E-state index contributed by atoms with van der Waals surface area (Å²) in [7, 11) is 0. The lowest BCUT2D eigenvalue weighted by Crippen LogP contribution is -2.01. The van der Waals surface area contributed by atoms with Crippen LogP contribution in [0.25, 0.3) is 6.08 Å². The number of hydrogen-bond donors (Lipinski definition) is 0. The van der Waals surface area contributed by atoms with Gasteiger partial charge in [-0.05, 0) is 12.2 Å². The minimum absolute atomic E-state index is 0.0693. The topological polar surface area (TPSA) is 30.0 Å². The van der Waals surface area contributed by atoms with Gasteiger partial charge in [0.05, 0.1) is 11.2 Å². The molecule has 0 unspecified atom stereocenters. The van der Waals surface area contributed by atoms with E-state index in [2.05, 4.69) is 4.98 Å². The lowest BCUT2D eigenvalue weighted by molar-refractivity contribution is -0.117. The van der Waals surface area contributed by atoms with E-state index >= 15 is 0 Å². The molecule has 0 radical (unpaired) electrons. The average Bonchev–Trinajstić information content (AvgIpc) is 2.51. The molecule has 1 heterocycles. The van der Waals surface area contributed by atoms with Gasteiger partial charge in [-0.15, -0.1) is 11.3 Å². The van der Waals surface area contributed by atoms with Gasteiger partial charge in [0.2, 0.25) is 0 Å². The summed E-state index contributed by atoms with van der Waals surface area (Å²) in [5.74, 6) is 0.211. The van der Waals surface area contributed by atoms with Gasteiger partial charge in [0.25, 0.3) is 0 Å². The van der Waals surface area contributed by atoms with Crippen molar-refractivity contribution < 1.29 is 4.79 Å². The normalized spacial score (nSPS) is 11.2. The Labute approximate surface area is 76.0 Å². The predicted molar refractivity (Wildman–Crippen MR) is 51.0 cm³/mol. The van der Waals surface area contributed by atoms with Crippen LogP contribution in [0.1, 0.15) is 19.5 Å². The maximum absolute atomic E-state index is 11.1.